The summed E-state index contributed by atoms with van der Waals surface area (Å²) in [6.45, 7) is 0. The highest BCUT2D eigenvalue weighted by atomic mass is 35.5. The highest BCUT2D eigenvalue weighted by molar-refractivity contribution is 5.85. The molecule has 0 heterocycles. The van der Waals surface area contributed by atoms with Crippen molar-refractivity contribution in [2.24, 2.45) is 5.73 Å². The van der Waals surface area contributed by atoms with Crippen LogP contribution in [-0.2, 0) is 0 Å². The minimum Gasteiger partial charge on any atom is -0.497 e. The number of methoxy groups -OCH3 is 1. The highest BCUT2D eigenvalue weighted by Crippen LogP contribution is 2.24. The van der Waals surface area contributed by atoms with Crippen LogP contribution in [0.5, 0.6) is 5.75 Å². The molecule has 2 N–H and O–H groups in total. The number of benzene rings is 1. The van der Waals surface area contributed by atoms with Gasteiger partial charge in [-0.05, 0) is 18.2 Å². The van der Waals surface area contributed by atoms with Gasteiger partial charge in [0.1, 0.15) is 11.6 Å². The Balaban J connectivity index is 0.00000196. The molecule has 2 nitrogen and oxygen atoms in total. The molecule has 1 rings (SSSR count). The molecule has 15 heavy (non-hydrogen) atoms. The molecule has 0 saturated heterocycles. The SMILES string of the molecule is COc1ccc(F)c([C@@H](N)C(F)F)c1.Cl. The van der Waals surface area contributed by atoms with Gasteiger partial charge in [0.2, 0.25) is 0 Å². The molecule has 1 aromatic rings. The van der Waals surface area contributed by atoms with E-state index in [9.17, 15) is 13.2 Å². The van der Waals surface area contributed by atoms with Crippen LogP contribution in [0.15, 0.2) is 18.2 Å². The van der Waals surface area contributed by atoms with E-state index in [-0.39, 0.29) is 18.0 Å². The van der Waals surface area contributed by atoms with Crippen molar-refractivity contribution in [3.05, 3.63) is 29.6 Å². The van der Waals surface area contributed by atoms with Crippen LogP contribution in [-0.4, -0.2) is 13.5 Å². The lowest BCUT2D eigenvalue weighted by molar-refractivity contribution is 0.114. The zero-order valence-corrected chi connectivity index (χ0v) is 8.73. The van der Waals surface area contributed by atoms with Gasteiger partial charge in [-0.25, -0.2) is 13.2 Å². The monoisotopic (exact) mass is 241 g/mol. The molecule has 1 aromatic carbocycles. The number of hydrogen-bond donors (Lipinski definition) is 1. The van der Waals surface area contributed by atoms with Crippen molar-refractivity contribution in [3.8, 4) is 5.75 Å². The van der Waals surface area contributed by atoms with E-state index in [1.54, 1.807) is 0 Å². The van der Waals surface area contributed by atoms with Crippen molar-refractivity contribution < 1.29 is 17.9 Å². The van der Waals surface area contributed by atoms with E-state index < -0.39 is 18.3 Å². The number of ether oxygens (including phenoxy) is 1. The number of rotatable bonds is 3. The Labute approximate surface area is 91.6 Å². The molecular weight excluding hydrogens is 231 g/mol. The number of nitrogens with two attached hydrogens (primary N) is 1. The average Bonchev–Trinajstić information content (AvgIpc) is 2.17. The second-order valence-electron chi connectivity index (χ2n) is 2.75. The first kappa shape index (κ1) is 14.1. The summed E-state index contributed by atoms with van der Waals surface area (Å²) >= 11 is 0. The summed E-state index contributed by atoms with van der Waals surface area (Å²) in [6.07, 6.45) is -2.79. The lowest BCUT2D eigenvalue weighted by Gasteiger charge is -2.12. The minimum absolute atomic E-state index is 0. The summed E-state index contributed by atoms with van der Waals surface area (Å²) in [5, 5.41) is 0. The van der Waals surface area contributed by atoms with E-state index in [1.807, 2.05) is 0 Å². The zero-order chi connectivity index (χ0) is 10.7. The average molecular weight is 242 g/mol. The molecule has 0 bridgehead atoms. The third kappa shape index (κ3) is 3.28. The zero-order valence-electron chi connectivity index (χ0n) is 7.91. The molecule has 0 amide bonds. The maximum absolute atomic E-state index is 13.0. The Morgan fingerprint density at radius 3 is 2.40 bits per heavy atom. The van der Waals surface area contributed by atoms with Crippen LogP contribution in [0.3, 0.4) is 0 Å². The number of halogens is 4. The van der Waals surface area contributed by atoms with Crippen LogP contribution in [0.25, 0.3) is 0 Å². The van der Waals surface area contributed by atoms with Crippen molar-refractivity contribution in [2.45, 2.75) is 12.5 Å². The number of alkyl halides is 2. The first-order valence-corrected chi connectivity index (χ1v) is 3.93. The van der Waals surface area contributed by atoms with E-state index in [4.69, 9.17) is 10.5 Å². The normalized spacial score (nSPS) is 12.1. The van der Waals surface area contributed by atoms with Gasteiger partial charge < -0.3 is 10.5 Å². The predicted molar refractivity (Wildman–Crippen MR) is 53.1 cm³/mol. The molecule has 0 aliphatic rings. The van der Waals surface area contributed by atoms with E-state index in [1.165, 1.54) is 19.2 Å². The van der Waals surface area contributed by atoms with Crippen molar-refractivity contribution in [2.75, 3.05) is 7.11 Å². The van der Waals surface area contributed by atoms with Gasteiger partial charge in [-0.3, -0.25) is 0 Å². The molecule has 0 spiro atoms. The largest absolute Gasteiger partial charge is 0.497 e. The van der Waals surface area contributed by atoms with Crippen LogP contribution in [0.1, 0.15) is 11.6 Å². The van der Waals surface area contributed by atoms with E-state index >= 15 is 0 Å². The fourth-order valence-corrected chi connectivity index (χ4v) is 1.04. The smallest absolute Gasteiger partial charge is 0.257 e. The summed E-state index contributed by atoms with van der Waals surface area (Å²) in [5.74, 6) is -0.448. The summed E-state index contributed by atoms with van der Waals surface area (Å²) in [5.41, 5.74) is 4.88. The molecule has 6 heteroatoms. The van der Waals surface area contributed by atoms with Gasteiger partial charge in [0.25, 0.3) is 6.43 Å². The lowest BCUT2D eigenvalue weighted by atomic mass is 10.1. The Hall–Kier alpha value is -0.940. The Kier molecular flexibility index (Phi) is 5.46. The quantitative estimate of drug-likeness (QED) is 0.883. The summed E-state index contributed by atoms with van der Waals surface area (Å²) < 4.78 is 42.2. The summed E-state index contributed by atoms with van der Waals surface area (Å²) in [6, 6.07) is 1.95. The molecule has 0 aliphatic carbocycles. The van der Waals surface area contributed by atoms with Gasteiger partial charge in [-0.15, -0.1) is 12.4 Å². The molecule has 0 aliphatic heterocycles. The molecule has 0 fully saturated rings. The molecule has 0 saturated carbocycles. The number of hydrogen-bond acceptors (Lipinski definition) is 2. The third-order valence-electron chi connectivity index (χ3n) is 1.83. The van der Waals surface area contributed by atoms with Crippen LogP contribution in [0.4, 0.5) is 13.2 Å². The van der Waals surface area contributed by atoms with Crippen molar-refractivity contribution in [1.29, 1.82) is 0 Å². The van der Waals surface area contributed by atoms with Gasteiger partial charge in [-0.1, -0.05) is 0 Å². The van der Waals surface area contributed by atoms with Crippen LogP contribution >= 0.6 is 12.4 Å². The maximum Gasteiger partial charge on any atom is 0.257 e. The van der Waals surface area contributed by atoms with Gasteiger partial charge in [-0.2, -0.15) is 0 Å². The molecular formula is C9H11ClF3NO. The van der Waals surface area contributed by atoms with Gasteiger partial charge in [0.05, 0.1) is 13.2 Å². The topological polar surface area (TPSA) is 35.2 Å². The summed E-state index contributed by atoms with van der Waals surface area (Å²) in [7, 11) is 1.37. The molecule has 1 atom stereocenters. The fraction of sp³-hybridized carbons (Fsp3) is 0.333. The predicted octanol–water partition coefficient (Wildman–Crippen LogP) is 2.52. The van der Waals surface area contributed by atoms with Crippen molar-refractivity contribution >= 4 is 12.4 Å². The molecule has 86 valence electrons. The van der Waals surface area contributed by atoms with Crippen molar-refractivity contribution in [3.63, 3.8) is 0 Å². The van der Waals surface area contributed by atoms with Crippen LogP contribution < -0.4 is 10.5 Å². The molecule has 0 radical (unpaired) electrons. The molecule has 0 unspecified atom stereocenters. The first-order valence-electron chi connectivity index (χ1n) is 3.93. The lowest BCUT2D eigenvalue weighted by Crippen LogP contribution is -2.20. The molecule has 0 aromatic heterocycles. The Morgan fingerprint density at radius 1 is 1.33 bits per heavy atom. The Morgan fingerprint density at radius 2 is 1.93 bits per heavy atom. The third-order valence-corrected chi connectivity index (χ3v) is 1.83. The van der Waals surface area contributed by atoms with E-state index in [0.29, 0.717) is 5.75 Å². The van der Waals surface area contributed by atoms with Gasteiger partial charge >= 0.3 is 0 Å². The highest BCUT2D eigenvalue weighted by Gasteiger charge is 2.21. The second-order valence-corrected chi connectivity index (χ2v) is 2.75. The second kappa shape index (κ2) is 5.82. The van der Waals surface area contributed by atoms with Gasteiger partial charge in [0, 0.05) is 5.56 Å². The van der Waals surface area contributed by atoms with Crippen LogP contribution in [0.2, 0.25) is 0 Å². The first-order chi connectivity index (χ1) is 6.56. The standard InChI is InChI=1S/C9H10F3NO.ClH/c1-14-5-2-3-7(10)6(4-5)8(13)9(11)12;/h2-4,8-9H,13H2,1H3;1H/t8-;/m1./s1. The summed E-state index contributed by atoms with van der Waals surface area (Å²) in [4.78, 5) is 0. The Bertz CT molecular complexity index is 322. The van der Waals surface area contributed by atoms with E-state index in [0.717, 1.165) is 6.07 Å². The maximum atomic E-state index is 13.0. The van der Waals surface area contributed by atoms with Gasteiger partial charge in [0.15, 0.2) is 0 Å². The van der Waals surface area contributed by atoms with Crippen molar-refractivity contribution in [1.82, 2.24) is 0 Å². The fourth-order valence-electron chi connectivity index (χ4n) is 1.04. The minimum atomic E-state index is -2.79. The van der Waals surface area contributed by atoms with Crippen LogP contribution in [0, 0.1) is 5.82 Å². The van der Waals surface area contributed by atoms with E-state index in [2.05, 4.69) is 0 Å².